The number of hydrogen-bond donors (Lipinski definition) is 3. The van der Waals surface area contributed by atoms with E-state index in [9.17, 15) is 9.90 Å². The number of carbonyl (C=O) groups excluding carboxylic acids is 1. The van der Waals surface area contributed by atoms with Gasteiger partial charge < -0.3 is 19.7 Å². The number of aliphatic hydroxyl groups is 2. The third-order valence-electron chi connectivity index (χ3n) is 4.33. The van der Waals surface area contributed by atoms with Crippen molar-refractivity contribution in [3.8, 4) is 5.75 Å². The lowest BCUT2D eigenvalue weighted by atomic mass is 9.79. The van der Waals surface area contributed by atoms with Gasteiger partial charge in [-0.15, -0.1) is 0 Å². The van der Waals surface area contributed by atoms with E-state index in [0.29, 0.717) is 23.4 Å². The van der Waals surface area contributed by atoms with Crippen molar-refractivity contribution in [1.29, 1.82) is 0 Å². The molecule has 28 heavy (non-hydrogen) atoms. The molecule has 0 unspecified atom stereocenters. The van der Waals surface area contributed by atoms with Gasteiger partial charge in [-0.1, -0.05) is 48.0 Å². The van der Waals surface area contributed by atoms with Gasteiger partial charge >= 0.3 is 6.09 Å². The molecule has 2 rings (SSSR count). The number of rotatable bonds is 9. The highest BCUT2D eigenvalue weighted by Crippen LogP contribution is 2.43. The topological polar surface area (TPSA) is 88.0 Å². The average molecular weight is 452 g/mol. The average Bonchev–Trinajstić information content (AvgIpc) is 2.66. The number of carbonyl (C=O) groups is 1. The first-order valence-electron chi connectivity index (χ1n) is 9.04. The van der Waals surface area contributed by atoms with E-state index < -0.39 is 17.6 Å². The SMILES string of the molecule is CC(C)(CCO)[C@@H](OC(=O)Nc1ccc(Br)cc1)c1ccccc1OCCO. The Bertz CT molecular complexity index is 764. The maximum Gasteiger partial charge on any atom is 0.412 e. The number of ether oxygens (including phenoxy) is 2. The maximum absolute atomic E-state index is 12.6. The number of hydrogen-bond acceptors (Lipinski definition) is 5. The summed E-state index contributed by atoms with van der Waals surface area (Å²) in [5.74, 6) is 0.531. The molecule has 1 amide bonds. The molecule has 0 spiro atoms. The molecule has 7 heteroatoms. The summed E-state index contributed by atoms with van der Waals surface area (Å²) in [6.45, 7) is 3.81. The van der Waals surface area contributed by atoms with E-state index in [1.807, 2.05) is 44.2 Å². The van der Waals surface area contributed by atoms with Crippen LogP contribution in [0.2, 0.25) is 0 Å². The summed E-state index contributed by atoms with van der Waals surface area (Å²) in [5, 5.41) is 21.3. The van der Waals surface area contributed by atoms with E-state index in [1.54, 1.807) is 18.2 Å². The highest BCUT2D eigenvalue weighted by atomic mass is 79.9. The molecule has 0 heterocycles. The van der Waals surface area contributed by atoms with Crippen LogP contribution in [-0.2, 0) is 4.74 Å². The summed E-state index contributed by atoms with van der Waals surface area (Å²) >= 11 is 3.36. The van der Waals surface area contributed by atoms with Crippen molar-refractivity contribution in [3.05, 3.63) is 58.6 Å². The third-order valence-corrected chi connectivity index (χ3v) is 4.86. The fraction of sp³-hybridized carbons (Fsp3) is 0.381. The van der Waals surface area contributed by atoms with Crippen molar-refractivity contribution in [2.45, 2.75) is 26.4 Å². The van der Waals surface area contributed by atoms with Crippen molar-refractivity contribution in [2.24, 2.45) is 5.41 Å². The van der Waals surface area contributed by atoms with E-state index >= 15 is 0 Å². The number of benzene rings is 2. The van der Waals surface area contributed by atoms with Gasteiger partial charge in [0, 0.05) is 27.7 Å². The van der Waals surface area contributed by atoms with Gasteiger partial charge in [-0.3, -0.25) is 5.32 Å². The zero-order valence-corrected chi connectivity index (χ0v) is 17.6. The minimum absolute atomic E-state index is 0.0408. The molecule has 0 saturated heterocycles. The number of para-hydroxylation sites is 1. The van der Waals surface area contributed by atoms with Gasteiger partial charge in [-0.25, -0.2) is 4.79 Å². The van der Waals surface area contributed by atoms with Gasteiger partial charge in [0.05, 0.1) is 6.61 Å². The third kappa shape index (κ3) is 6.22. The zero-order chi connectivity index (χ0) is 20.6. The molecule has 0 fully saturated rings. The Labute approximate surface area is 173 Å². The van der Waals surface area contributed by atoms with Crippen LogP contribution in [0.3, 0.4) is 0 Å². The summed E-state index contributed by atoms with van der Waals surface area (Å²) < 4.78 is 12.3. The molecule has 0 radical (unpaired) electrons. The van der Waals surface area contributed by atoms with Gasteiger partial charge in [0.15, 0.2) is 0 Å². The van der Waals surface area contributed by atoms with Gasteiger partial charge in [0.1, 0.15) is 18.5 Å². The number of halogens is 1. The van der Waals surface area contributed by atoms with Crippen LogP contribution >= 0.6 is 15.9 Å². The van der Waals surface area contributed by atoms with Crippen molar-refractivity contribution < 1.29 is 24.5 Å². The number of nitrogens with one attached hydrogen (secondary N) is 1. The second-order valence-electron chi connectivity index (χ2n) is 6.99. The maximum atomic E-state index is 12.6. The molecule has 0 bridgehead atoms. The standard InChI is InChI=1S/C21H26BrNO5/c1-21(2,11-12-24)19(17-5-3-4-6-18(17)27-14-13-25)28-20(26)23-16-9-7-15(22)8-10-16/h3-10,19,24-25H,11-14H2,1-2H3,(H,23,26)/t19-/m0/s1. The van der Waals surface area contributed by atoms with E-state index in [0.717, 1.165) is 4.47 Å². The number of aliphatic hydroxyl groups excluding tert-OH is 2. The summed E-state index contributed by atoms with van der Waals surface area (Å²) in [6.07, 6.45) is -0.835. The summed E-state index contributed by atoms with van der Waals surface area (Å²) in [4.78, 5) is 12.6. The van der Waals surface area contributed by atoms with Crippen LogP contribution in [0.1, 0.15) is 31.9 Å². The van der Waals surface area contributed by atoms with Gasteiger partial charge in [0.25, 0.3) is 0 Å². The minimum Gasteiger partial charge on any atom is -0.491 e. The Kier molecular flexibility index (Phi) is 8.29. The second kappa shape index (κ2) is 10.5. The Morgan fingerprint density at radius 1 is 1.11 bits per heavy atom. The molecule has 0 aliphatic carbocycles. The highest BCUT2D eigenvalue weighted by molar-refractivity contribution is 9.10. The first-order chi connectivity index (χ1) is 13.4. The summed E-state index contributed by atoms with van der Waals surface area (Å²) in [6, 6.07) is 14.4. The molecule has 1 atom stereocenters. The normalized spacial score (nSPS) is 12.3. The molecular weight excluding hydrogens is 426 g/mol. The molecule has 0 aliphatic heterocycles. The van der Waals surface area contributed by atoms with Crippen molar-refractivity contribution in [1.82, 2.24) is 0 Å². The Morgan fingerprint density at radius 3 is 2.43 bits per heavy atom. The molecule has 3 N–H and O–H groups in total. The fourth-order valence-corrected chi connectivity index (χ4v) is 3.10. The Balaban J connectivity index is 2.27. The van der Waals surface area contributed by atoms with Gasteiger partial charge in [-0.2, -0.15) is 0 Å². The highest BCUT2D eigenvalue weighted by Gasteiger charge is 2.35. The predicted octanol–water partition coefficient (Wildman–Crippen LogP) is 4.52. The number of anilines is 1. The summed E-state index contributed by atoms with van der Waals surface area (Å²) in [5.41, 5.74) is 0.738. The molecule has 0 aromatic heterocycles. The van der Waals surface area contributed by atoms with Crippen LogP contribution in [0.4, 0.5) is 10.5 Å². The lowest BCUT2D eigenvalue weighted by Crippen LogP contribution is -2.30. The zero-order valence-electron chi connectivity index (χ0n) is 16.0. The van der Waals surface area contributed by atoms with Gasteiger partial charge in [-0.05, 0) is 36.8 Å². The van der Waals surface area contributed by atoms with E-state index in [1.165, 1.54) is 0 Å². The number of amides is 1. The van der Waals surface area contributed by atoms with Crippen LogP contribution in [0.25, 0.3) is 0 Å². The quantitative estimate of drug-likeness (QED) is 0.521. The van der Waals surface area contributed by atoms with E-state index in [-0.39, 0.29) is 19.8 Å². The lowest BCUT2D eigenvalue weighted by molar-refractivity contribution is 0.0133. The van der Waals surface area contributed by atoms with E-state index in [4.69, 9.17) is 14.6 Å². The van der Waals surface area contributed by atoms with Crippen LogP contribution < -0.4 is 10.1 Å². The smallest absolute Gasteiger partial charge is 0.412 e. The second-order valence-corrected chi connectivity index (χ2v) is 7.90. The molecule has 0 saturated carbocycles. The van der Waals surface area contributed by atoms with Crippen molar-refractivity contribution >= 4 is 27.7 Å². The largest absolute Gasteiger partial charge is 0.491 e. The first kappa shape index (κ1) is 22.2. The molecule has 152 valence electrons. The molecule has 2 aromatic rings. The van der Waals surface area contributed by atoms with Crippen LogP contribution in [0.5, 0.6) is 5.75 Å². The minimum atomic E-state index is -0.662. The fourth-order valence-electron chi connectivity index (χ4n) is 2.83. The summed E-state index contributed by atoms with van der Waals surface area (Å²) in [7, 11) is 0. The van der Waals surface area contributed by atoms with Crippen molar-refractivity contribution in [2.75, 3.05) is 25.1 Å². The predicted molar refractivity (Wildman–Crippen MR) is 111 cm³/mol. The van der Waals surface area contributed by atoms with Gasteiger partial charge in [0.2, 0.25) is 0 Å². The van der Waals surface area contributed by atoms with E-state index in [2.05, 4.69) is 21.2 Å². The molecule has 6 nitrogen and oxygen atoms in total. The molecular formula is C21H26BrNO5. The van der Waals surface area contributed by atoms with Crippen molar-refractivity contribution in [3.63, 3.8) is 0 Å². The van der Waals surface area contributed by atoms with Crippen LogP contribution in [0.15, 0.2) is 53.0 Å². The Morgan fingerprint density at radius 2 is 1.79 bits per heavy atom. The monoisotopic (exact) mass is 451 g/mol. The van der Waals surface area contributed by atoms with Crippen LogP contribution in [0, 0.1) is 5.41 Å². The molecule has 0 aliphatic rings. The first-order valence-corrected chi connectivity index (χ1v) is 9.83. The van der Waals surface area contributed by atoms with Crippen LogP contribution in [-0.4, -0.2) is 36.1 Å². The molecule has 2 aromatic carbocycles. The Hall–Kier alpha value is -2.09. The lowest BCUT2D eigenvalue weighted by Gasteiger charge is -2.34.